The van der Waals surface area contributed by atoms with E-state index < -0.39 is 17.6 Å². The van der Waals surface area contributed by atoms with Gasteiger partial charge in [0.1, 0.15) is 17.6 Å². The quantitative estimate of drug-likeness (QED) is 0.830. The third-order valence-electron chi connectivity index (χ3n) is 5.41. The zero-order valence-corrected chi connectivity index (χ0v) is 15.6. The molecule has 0 radical (unpaired) electrons. The number of carbonyl (C=O) groups is 1. The maximum Gasteiger partial charge on any atom is 0.573 e. The van der Waals surface area contributed by atoms with Crippen molar-refractivity contribution in [3.05, 3.63) is 23.8 Å². The molecule has 1 aliphatic heterocycles. The number of hydrogen-bond acceptors (Lipinski definition) is 4. The number of benzene rings is 1. The molecule has 0 bridgehead atoms. The van der Waals surface area contributed by atoms with Crippen LogP contribution in [0.5, 0.6) is 11.5 Å². The number of carbonyl (C=O) groups excluding carboxylic acids is 1. The number of alkyl halides is 3. The van der Waals surface area contributed by atoms with Gasteiger partial charge >= 0.3 is 12.4 Å². The van der Waals surface area contributed by atoms with Crippen molar-refractivity contribution < 1.29 is 32.5 Å². The van der Waals surface area contributed by atoms with Gasteiger partial charge in [0, 0.05) is 24.9 Å². The van der Waals surface area contributed by atoms with E-state index in [4.69, 9.17) is 4.74 Å². The standard InChI is InChI=1S/C18H23F3N2O4/c1-10-5-6-12(9-14(10)27-18(19,20)21)26-13-7-11(8-13)23-15(24)22-16(2,3)17(23,4)25/h5-6,9,11,13,25H,7-8H2,1-4H3,(H,22,24)/t11-,13-,17?. The predicted octanol–water partition coefficient (Wildman–Crippen LogP) is 3.32. The number of rotatable bonds is 4. The van der Waals surface area contributed by atoms with E-state index in [0.717, 1.165) is 0 Å². The summed E-state index contributed by atoms with van der Waals surface area (Å²) >= 11 is 0. The van der Waals surface area contributed by atoms with Gasteiger partial charge in [0.2, 0.25) is 0 Å². The molecular formula is C18H23F3N2O4. The number of nitrogens with zero attached hydrogens (tertiary/aromatic N) is 1. The Bertz CT molecular complexity index is 743. The lowest BCUT2D eigenvalue weighted by Crippen LogP contribution is -2.61. The Balaban J connectivity index is 1.63. The van der Waals surface area contributed by atoms with Crippen molar-refractivity contribution in [3.8, 4) is 11.5 Å². The summed E-state index contributed by atoms with van der Waals surface area (Å²) in [5, 5.41) is 13.5. The number of amides is 2. The largest absolute Gasteiger partial charge is 0.573 e. The van der Waals surface area contributed by atoms with Crippen molar-refractivity contribution in [1.29, 1.82) is 0 Å². The zero-order valence-electron chi connectivity index (χ0n) is 15.6. The number of aryl methyl sites for hydroxylation is 1. The first-order valence-electron chi connectivity index (χ1n) is 8.67. The molecule has 1 atom stereocenters. The van der Waals surface area contributed by atoms with Crippen molar-refractivity contribution in [3.63, 3.8) is 0 Å². The molecule has 1 saturated heterocycles. The van der Waals surface area contributed by atoms with Crippen LogP contribution in [-0.4, -0.2) is 45.8 Å². The molecule has 1 aromatic carbocycles. The lowest BCUT2D eigenvalue weighted by molar-refractivity contribution is -0.274. The maximum atomic E-state index is 12.5. The average molecular weight is 388 g/mol. The van der Waals surface area contributed by atoms with E-state index in [9.17, 15) is 23.1 Å². The first-order valence-corrected chi connectivity index (χ1v) is 8.67. The monoisotopic (exact) mass is 388 g/mol. The fourth-order valence-electron chi connectivity index (χ4n) is 3.39. The lowest BCUT2D eigenvalue weighted by Gasteiger charge is -2.47. The van der Waals surface area contributed by atoms with Crippen molar-refractivity contribution in [2.45, 2.75) is 70.3 Å². The SMILES string of the molecule is Cc1ccc(O[C@H]2C[C@H](N3C(=O)NC(C)(C)C3(C)O)C2)cc1OC(F)(F)F. The maximum absolute atomic E-state index is 12.5. The van der Waals surface area contributed by atoms with Gasteiger partial charge in [-0.15, -0.1) is 13.2 Å². The highest BCUT2D eigenvalue weighted by atomic mass is 19.4. The van der Waals surface area contributed by atoms with Gasteiger partial charge in [0.15, 0.2) is 5.72 Å². The number of aliphatic hydroxyl groups is 1. The van der Waals surface area contributed by atoms with Crippen LogP contribution in [-0.2, 0) is 0 Å². The summed E-state index contributed by atoms with van der Waals surface area (Å²) in [7, 11) is 0. The summed E-state index contributed by atoms with van der Waals surface area (Å²) in [6.45, 7) is 6.58. The molecule has 3 rings (SSSR count). The minimum Gasteiger partial charge on any atom is -0.490 e. The second-order valence-corrected chi connectivity index (χ2v) is 7.79. The molecule has 0 spiro atoms. The van der Waals surface area contributed by atoms with Gasteiger partial charge in [-0.1, -0.05) is 6.07 Å². The number of ether oxygens (including phenoxy) is 2. The smallest absolute Gasteiger partial charge is 0.490 e. The second kappa shape index (κ2) is 6.19. The van der Waals surface area contributed by atoms with Crippen LogP contribution in [0.15, 0.2) is 18.2 Å². The molecule has 2 amide bonds. The molecule has 6 nitrogen and oxygen atoms in total. The van der Waals surface area contributed by atoms with E-state index in [2.05, 4.69) is 10.1 Å². The third kappa shape index (κ3) is 3.65. The van der Waals surface area contributed by atoms with E-state index in [1.165, 1.54) is 24.0 Å². The van der Waals surface area contributed by atoms with Crippen molar-refractivity contribution in [2.75, 3.05) is 0 Å². The summed E-state index contributed by atoms with van der Waals surface area (Å²) < 4.78 is 47.1. The number of hydrogen-bond donors (Lipinski definition) is 2. The zero-order chi connectivity index (χ0) is 20.2. The topological polar surface area (TPSA) is 71.0 Å². The molecule has 27 heavy (non-hydrogen) atoms. The van der Waals surface area contributed by atoms with Crippen LogP contribution < -0.4 is 14.8 Å². The van der Waals surface area contributed by atoms with Crippen LogP contribution in [0.4, 0.5) is 18.0 Å². The Labute approximate surface area is 155 Å². The minimum absolute atomic E-state index is 0.205. The van der Waals surface area contributed by atoms with Crippen molar-refractivity contribution >= 4 is 6.03 Å². The molecule has 1 heterocycles. The fraction of sp³-hybridized carbons (Fsp3) is 0.611. The normalized spacial score (nSPS) is 29.9. The highest BCUT2D eigenvalue weighted by Gasteiger charge is 2.58. The molecule has 150 valence electrons. The third-order valence-corrected chi connectivity index (χ3v) is 5.41. The van der Waals surface area contributed by atoms with Gasteiger partial charge < -0.3 is 19.9 Å². The summed E-state index contributed by atoms with van der Waals surface area (Å²) in [5.41, 5.74) is -1.80. The molecule has 1 aliphatic carbocycles. The minimum atomic E-state index is -4.77. The van der Waals surface area contributed by atoms with Gasteiger partial charge in [-0.25, -0.2) is 4.79 Å². The summed E-state index contributed by atoms with van der Waals surface area (Å²) in [4.78, 5) is 13.6. The molecule has 1 saturated carbocycles. The van der Waals surface area contributed by atoms with Gasteiger partial charge in [0.25, 0.3) is 0 Å². The van der Waals surface area contributed by atoms with Gasteiger partial charge in [-0.3, -0.25) is 4.90 Å². The van der Waals surface area contributed by atoms with Crippen LogP contribution in [0, 0.1) is 6.92 Å². The number of halogens is 3. The van der Waals surface area contributed by atoms with Crippen molar-refractivity contribution in [1.82, 2.24) is 10.2 Å². The second-order valence-electron chi connectivity index (χ2n) is 7.79. The number of urea groups is 1. The molecule has 1 aromatic rings. The average Bonchev–Trinajstić information content (AvgIpc) is 2.61. The van der Waals surface area contributed by atoms with E-state index in [1.807, 2.05) is 0 Å². The predicted molar refractivity (Wildman–Crippen MR) is 90.4 cm³/mol. The highest BCUT2D eigenvalue weighted by molar-refractivity contribution is 5.79. The van der Waals surface area contributed by atoms with Crippen LogP contribution in [0.25, 0.3) is 0 Å². The fourth-order valence-corrected chi connectivity index (χ4v) is 3.39. The van der Waals surface area contributed by atoms with Crippen LogP contribution in [0.3, 0.4) is 0 Å². The van der Waals surface area contributed by atoms with E-state index in [-0.39, 0.29) is 29.7 Å². The molecule has 0 aromatic heterocycles. The summed E-state index contributed by atoms with van der Waals surface area (Å²) in [6, 6.07) is 3.73. The van der Waals surface area contributed by atoms with Gasteiger partial charge in [0.05, 0.1) is 5.54 Å². The van der Waals surface area contributed by atoms with Crippen LogP contribution in [0.1, 0.15) is 39.2 Å². The van der Waals surface area contributed by atoms with E-state index >= 15 is 0 Å². The lowest BCUT2D eigenvalue weighted by atomic mass is 9.84. The summed E-state index contributed by atoms with van der Waals surface area (Å²) in [6.07, 6.45) is -4.08. The first kappa shape index (κ1) is 19.6. The molecule has 2 aliphatic rings. The molecule has 2 fully saturated rings. The highest BCUT2D eigenvalue weighted by Crippen LogP contribution is 2.41. The van der Waals surface area contributed by atoms with Crippen LogP contribution in [0.2, 0.25) is 0 Å². The molecular weight excluding hydrogens is 365 g/mol. The Kier molecular flexibility index (Phi) is 4.49. The Morgan fingerprint density at radius 3 is 2.41 bits per heavy atom. The number of nitrogens with one attached hydrogen (secondary N) is 1. The van der Waals surface area contributed by atoms with Gasteiger partial charge in [-0.05, 0) is 39.3 Å². The Morgan fingerprint density at radius 2 is 1.89 bits per heavy atom. The Hall–Kier alpha value is -2.16. The van der Waals surface area contributed by atoms with Crippen LogP contribution >= 0.6 is 0 Å². The first-order chi connectivity index (χ1) is 12.3. The van der Waals surface area contributed by atoms with E-state index in [0.29, 0.717) is 18.4 Å². The molecule has 9 heteroatoms. The summed E-state index contributed by atoms with van der Waals surface area (Å²) in [5.74, 6) is -0.0410. The Morgan fingerprint density at radius 1 is 1.26 bits per heavy atom. The molecule has 2 N–H and O–H groups in total. The van der Waals surface area contributed by atoms with E-state index in [1.54, 1.807) is 26.8 Å². The van der Waals surface area contributed by atoms with Gasteiger partial charge in [-0.2, -0.15) is 0 Å². The molecule has 1 unspecified atom stereocenters. The van der Waals surface area contributed by atoms with Crippen molar-refractivity contribution in [2.24, 2.45) is 0 Å².